The minimum atomic E-state index is -0.289. The largest absolute Gasteiger partial charge is 0.472 e. The summed E-state index contributed by atoms with van der Waals surface area (Å²) in [6.45, 7) is 5.04. The molecule has 150 valence electrons. The molecule has 3 heterocycles. The van der Waals surface area contributed by atoms with Gasteiger partial charge in [0.15, 0.2) is 0 Å². The van der Waals surface area contributed by atoms with E-state index in [1.165, 1.54) is 0 Å². The number of aliphatic hydroxyl groups is 1. The van der Waals surface area contributed by atoms with Crippen molar-refractivity contribution in [1.82, 2.24) is 19.8 Å². The van der Waals surface area contributed by atoms with Crippen molar-refractivity contribution in [3.05, 3.63) is 42.4 Å². The van der Waals surface area contributed by atoms with Gasteiger partial charge >= 0.3 is 0 Å². The summed E-state index contributed by atoms with van der Waals surface area (Å²) in [7, 11) is 3.99. The highest BCUT2D eigenvalue weighted by Crippen LogP contribution is 2.30. The highest BCUT2D eigenvalue weighted by atomic mass is 16.5. The Morgan fingerprint density at radius 2 is 2.14 bits per heavy atom. The Kier molecular flexibility index (Phi) is 6.26. The summed E-state index contributed by atoms with van der Waals surface area (Å²) in [6, 6.07) is 5.29. The van der Waals surface area contributed by atoms with E-state index in [2.05, 4.69) is 21.8 Å². The van der Waals surface area contributed by atoms with Crippen molar-refractivity contribution in [3.63, 3.8) is 0 Å². The van der Waals surface area contributed by atoms with Crippen LogP contribution in [-0.2, 0) is 0 Å². The van der Waals surface area contributed by atoms with Crippen LogP contribution in [0.25, 0.3) is 11.1 Å². The molecule has 0 bridgehead atoms. The second kappa shape index (κ2) is 8.67. The van der Waals surface area contributed by atoms with Crippen molar-refractivity contribution in [1.29, 1.82) is 0 Å². The van der Waals surface area contributed by atoms with Gasteiger partial charge in [-0.1, -0.05) is 13.0 Å². The molecule has 28 heavy (non-hydrogen) atoms. The molecule has 0 saturated carbocycles. The standard InChI is InChI=1S/C21H28N4O3/c1-14-11-25(15(2)13-26)21(27)18-8-17(16-6-5-7-22-9-16)10-23-20(18)28-19(14)12-24(3)4/h5-10,14-15,19,26H,11-13H2,1-4H3/t14-,15+,19+/m1/s1. The Balaban J connectivity index is 2.06. The molecule has 1 aliphatic rings. The van der Waals surface area contributed by atoms with Crippen molar-refractivity contribution in [2.24, 2.45) is 5.92 Å². The molecule has 3 rings (SSSR count). The number of likely N-dealkylation sites (N-methyl/N-ethyl adjacent to an activating group) is 1. The number of aliphatic hydroxyl groups excluding tert-OH is 1. The Labute approximate surface area is 166 Å². The second-order valence-electron chi connectivity index (χ2n) is 7.70. The molecule has 0 aliphatic carbocycles. The summed E-state index contributed by atoms with van der Waals surface area (Å²) in [6.07, 6.45) is 5.04. The summed E-state index contributed by atoms with van der Waals surface area (Å²) < 4.78 is 6.20. The van der Waals surface area contributed by atoms with Crippen molar-refractivity contribution >= 4 is 5.91 Å². The SMILES string of the molecule is C[C@@H]1CN([C@@H](C)CO)C(=O)c2cc(-c3cccnc3)cnc2O[C@H]1CN(C)C. The number of rotatable bonds is 5. The molecule has 2 aromatic heterocycles. The second-order valence-corrected chi connectivity index (χ2v) is 7.70. The van der Waals surface area contributed by atoms with Gasteiger partial charge in [-0.2, -0.15) is 0 Å². The molecule has 1 aliphatic heterocycles. The van der Waals surface area contributed by atoms with Gasteiger partial charge in [0, 0.05) is 48.7 Å². The molecule has 0 radical (unpaired) electrons. The molecule has 7 heteroatoms. The molecule has 0 fully saturated rings. The number of ether oxygens (including phenoxy) is 1. The summed E-state index contributed by atoms with van der Waals surface area (Å²) in [5, 5.41) is 9.69. The van der Waals surface area contributed by atoms with Gasteiger partial charge in [-0.15, -0.1) is 0 Å². The van der Waals surface area contributed by atoms with Crippen LogP contribution in [0.1, 0.15) is 24.2 Å². The Morgan fingerprint density at radius 3 is 2.79 bits per heavy atom. The summed E-state index contributed by atoms with van der Waals surface area (Å²) in [4.78, 5) is 25.7. The van der Waals surface area contributed by atoms with E-state index in [1.807, 2.05) is 39.2 Å². The number of hydrogen-bond acceptors (Lipinski definition) is 6. The third kappa shape index (κ3) is 4.31. The molecule has 3 atom stereocenters. The predicted octanol–water partition coefficient (Wildman–Crippen LogP) is 1.93. The Morgan fingerprint density at radius 1 is 1.36 bits per heavy atom. The molecule has 0 unspecified atom stereocenters. The minimum Gasteiger partial charge on any atom is -0.472 e. The average molecular weight is 384 g/mol. The van der Waals surface area contributed by atoms with Crippen molar-refractivity contribution in [2.75, 3.05) is 33.8 Å². The topological polar surface area (TPSA) is 78.8 Å². The first-order valence-electron chi connectivity index (χ1n) is 9.54. The molecule has 1 N–H and O–H groups in total. The number of hydrogen-bond donors (Lipinski definition) is 1. The van der Waals surface area contributed by atoms with Gasteiger partial charge in [0.2, 0.25) is 5.88 Å². The number of fused-ring (bicyclic) bond motifs is 1. The van der Waals surface area contributed by atoms with E-state index < -0.39 is 0 Å². The van der Waals surface area contributed by atoms with E-state index in [4.69, 9.17) is 4.74 Å². The zero-order valence-corrected chi connectivity index (χ0v) is 16.9. The van der Waals surface area contributed by atoms with Crippen LogP contribution in [0, 0.1) is 5.92 Å². The van der Waals surface area contributed by atoms with E-state index in [1.54, 1.807) is 23.5 Å². The van der Waals surface area contributed by atoms with Crippen molar-refractivity contribution in [2.45, 2.75) is 26.0 Å². The zero-order chi connectivity index (χ0) is 20.3. The lowest BCUT2D eigenvalue weighted by molar-refractivity contribution is 0.0348. The quantitative estimate of drug-likeness (QED) is 0.849. The molecular weight excluding hydrogens is 356 g/mol. The lowest BCUT2D eigenvalue weighted by Gasteiger charge is -2.37. The molecule has 0 saturated heterocycles. The van der Waals surface area contributed by atoms with Crippen LogP contribution in [0.4, 0.5) is 0 Å². The number of carbonyl (C=O) groups is 1. The van der Waals surface area contributed by atoms with E-state index in [-0.39, 0.29) is 30.6 Å². The summed E-state index contributed by atoms with van der Waals surface area (Å²) in [5.41, 5.74) is 2.10. The minimum absolute atomic E-state index is 0.0910. The monoisotopic (exact) mass is 384 g/mol. The highest BCUT2D eigenvalue weighted by Gasteiger charge is 2.33. The first-order chi connectivity index (χ1) is 13.4. The van der Waals surface area contributed by atoms with Gasteiger partial charge < -0.3 is 19.6 Å². The lowest BCUT2D eigenvalue weighted by Crippen LogP contribution is -2.49. The molecule has 0 spiro atoms. The molecule has 1 amide bonds. The fourth-order valence-electron chi connectivity index (χ4n) is 3.37. The number of aromatic nitrogens is 2. The third-order valence-electron chi connectivity index (χ3n) is 5.06. The summed E-state index contributed by atoms with van der Waals surface area (Å²) >= 11 is 0. The van der Waals surface area contributed by atoms with Crippen LogP contribution >= 0.6 is 0 Å². The number of carbonyl (C=O) groups excluding carboxylic acids is 1. The number of nitrogens with zero attached hydrogens (tertiary/aromatic N) is 4. The van der Waals surface area contributed by atoms with Gasteiger partial charge in [0.25, 0.3) is 5.91 Å². The van der Waals surface area contributed by atoms with Crippen LogP contribution in [-0.4, -0.2) is 76.7 Å². The van der Waals surface area contributed by atoms with Crippen LogP contribution < -0.4 is 4.74 Å². The fraction of sp³-hybridized carbons (Fsp3) is 0.476. The molecule has 7 nitrogen and oxygen atoms in total. The predicted molar refractivity (Wildman–Crippen MR) is 107 cm³/mol. The Bertz CT molecular complexity index is 813. The highest BCUT2D eigenvalue weighted by molar-refractivity contribution is 5.98. The number of amides is 1. The maximum Gasteiger partial charge on any atom is 0.259 e. The summed E-state index contributed by atoms with van der Waals surface area (Å²) in [5.74, 6) is 0.254. The van der Waals surface area contributed by atoms with Gasteiger partial charge in [0.05, 0.1) is 12.6 Å². The van der Waals surface area contributed by atoms with Gasteiger partial charge in [-0.3, -0.25) is 9.78 Å². The first kappa shape index (κ1) is 20.2. The first-order valence-corrected chi connectivity index (χ1v) is 9.54. The van der Waals surface area contributed by atoms with Crippen LogP contribution in [0.3, 0.4) is 0 Å². The van der Waals surface area contributed by atoms with E-state index in [9.17, 15) is 9.90 Å². The fourth-order valence-corrected chi connectivity index (χ4v) is 3.37. The third-order valence-corrected chi connectivity index (χ3v) is 5.06. The van der Waals surface area contributed by atoms with E-state index >= 15 is 0 Å². The molecule has 0 aromatic carbocycles. The molecular formula is C21H28N4O3. The van der Waals surface area contributed by atoms with E-state index in [0.717, 1.165) is 11.1 Å². The van der Waals surface area contributed by atoms with Crippen molar-refractivity contribution < 1.29 is 14.6 Å². The maximum absolute atomic E-state index is 13.3. The van der Waals surface area contributed by atoms with Crippen LogP contribution in [0.2, 0.25) is 0 Å². The van der Waals surface area contributed by atoms with Gasteiger partial charge in [0.1, 0.15) is 11.7 Å². The van der Waals surface area contributed by atoms with Gasteiger partial charge in [-0.25, -0.2) is 4.98 Å². The zero-order valence-electron chi connectivity index (χ0n) is 16.9. The van der Waals surface area contributed by atoms with Gasteiger partial charge in [-0.05, 0) is 33.2 Å². The normalized spacial score (nSPS) is 20.9. The van der Waals surface area contributed by atoms with Crippen molar-refractivity contribution in [3.8, 4) is 17.0 Å². The smallest absolute Gasteiger partial charge is 0.259 e. The Hall–Kier alpha value is -2.51. The van der Waals surface area contributed by atoms with Crippen LogP contribution in [0.5, 0.6) is 5.88 Å². The van der Waals surface area contributed by atoms with Crippen LogP contribution in [0.15, 0.2) is 36.8 Å². The lowest BCUT2D eigenvalue weighted by atomic mass is 9.99. The number of pyridine rings is 2. The molecule has 2 aromatic rings. The maximum atomic E-state index is 13.3. The van der Waals surface area contributed by atoms with E-state index in [0.29, 0.717) is 24.5 Å². The average Bonchev–Trinajstić information content (AvgIpc) is 2.70.